The summed E-state index contributed by atoms with van der Waals surface area (Å²) in [5.74, 6) is -0.0624. The molecule has 0 atom stereocenters. The van der Waals surface area contributed by atoms with Crippen molar-refractivity contribution in [1.82, 2.24) is 4.98 Å². The molecule has 21 heavy (non-hydrogen) atoms. The lowest BCUT2D eigenvalue weighted by Gasteiger charge is -2.17. The molecule has 2 rings (SSSR count). The van der Waals surface area contributed by atoms with E-state index in [1.54, 1.807) is 13.8 Å². The predicted molar refractivity (Wildman–Crippen MR) is 73.3 cm³/mol. The zero-order valence-electron chi connectivity index (χ0n) is 11.4. The molecule has 0 spiro atoms. The molecule has 1 heterocycles. The van der Waals surface area contributed by atoms with Gasteiger partial charge in [-0.05, 0) is 31.0 Å². The molecular weight excluding hydrogens is 279 g/mol. The van der Waals surface area contributed by atoms with Crippen molar-refractivity contribution in [3.05, 3.63) is 46.6 Å². The number of nitriles is 1. The summed E-state index contributed by atoms with van der Waals surface area (Å²) in [6, 6.07) is 6.99. The highest BCUT2D eigenvalue weighted by Crippen LogP contribution is 2.40. The van der Waals surface area contributed by atoms with Gasteiger partial charge in [-0.1, -0.05) is 18.2 Å². The number of nitrogens with two attached hydrogens (primary N) is 1. The monoisotopic (exact) mass is 291 g/mol. The van der Waals surface area contributed by atoms with E-state index in [4.69, 9.17) is 5.73 Å². The Morgan fingerprint density at radius 1 is 1.19 bits per heavy atom. The minimum atomic E-state index is -4.51. The minimum Gasteiger partial charge on any atom is -0.383 e. The van der Waals surface area contributed by atoms with Gasteiger partial charge >= 0.3 is 6.18 Å². The lowest BCUT2D eigenvalue weighted by molar-refractivity contribution is -0.137. The van der Waals surface area contributed by atoms with Crippen molar-refractivity contribution in [2.75, 3.05) is 5.73 Å². The zero-order chi connectivity index (χ0) is 15.8. The van der Waals surface area contributed by atoms with Crippen LogP contribution in [-0.2, 0) is 6.18 Å². The van der Waals surface area contributed by atoms with Gasteiger partial charge in [0.25, 0.3) is 0 Å². The number of nitrogens with zero attached hydrogens (tertiary/aromatic N) is 2. The Balaban J connectivity index is 2.90. The Kier molecular flexibility index (Phi) is 3.60. The van der Waals surface area contributed by atoms with E-state index in [1.807, 2.05) is 6.07 Å². The Bertz CT molecular complexity index is 743. The third kappa shape index (κ3) is 2.55. The van der Waals surface area contributed by atoms with Crippen LogP contribution in [-0.4, -0.2) is 4.98 Å². The van der Waals surface area contributed by atoms with Crippen LogP contribution in [0.4, 0.5) is 19.0 Å². The van der Waals surface area contributed by atoms with Crippen LogP contribution in [0.25, 0.3) is 11.1 Å². The van der Waals surface area contributed by atoms with Crippen LogP contribution in [0.15, 0.2) is 24.3 Å². The maximum atomic E-state index is 13.2. The van der Waals surface area contributed by atoms with Gasteiger partial charge in [-0.25, -0.2) is 4.98 Å². The number of aromatic nitrogens is 1. The zero-order valence-corrected chi connectivity index (χ0v) is 11.4. The summed E-state index contributed by atoms with van der Waals surface area (Å²) in [5.41, 5.74) is 6.00. The maximum absolute atomic E-state index is 13.2. The summed E-state index contributed by atoms with van der Waals surface area (Å²) in [4.78, 5) is 4.00. The van der Waals surface area contributed by atoms with Crippen molar-refractivity contribution in [3.8, 4) is 17.2 Å². The van der Waals surface area contributed by atoms with E-state index < -0.39 is 11.7 Å². The van der Waals surface area contributed by atoms with Gasteiger partial charge in [0.1, 0.15) is 17.5 Å². The van der Waals surface area contributed by atoms with E-state index in [0.29, 0.717) is 11.3 Å². The number of halogens is 3. The fourth-order valence-electron chi connectivity index (χ4n) is 2.22. The van der Waals surface area contributed by atoms with Crippen LogP contribution in [0.1, 0.15) is 22.4 Å². The Morgan fingerprint density at radius 2 is 1.81 bits per heavy atom. The van der Waals surface area contributed by atoms with Gasteiger partial charge in [-0.3, -0.25) is 0 Å². The fourth-order valence-corrected chi connectivity index (χ4v) is 2.22. The van der Waals surface area contributed by atoms with Crippen LogP contribution in [0.3, 0.4) is 0 Å². The highest BCUT2D eigenvalue weighted by atomic mass is 19.4. The van der Waals surface area contributed by atoms with Crippen molar-refractivity contribution in [3.63, 3.8) is 0 Å². The number of hydrogen-bond donors (Lipinski definition) is 1. The van der Waals surface area contributed by atoms with E-state index in [9.17, 15) is 18.4 Å². The number of anilines is 1. The average molecular weight is 291 g/mol. The van der Waals surface area contributed by atoms with Crippen LogP contribution in [0.2, 0.25) is 0 Å². The molecule has 1 aromatic carbocycles. The van der Waals surface area contributed by atoms with Crippen molar-refractivity contribution in [2.24, 2.45) is 0 Å². The summed E-state index contributed by atoms with van der Waals surface area (Å²) in [6.07, 6.45) is -4.51. The molecule has 2 aromatic rings. The third-order valence-electron chi connectivity index (χ3n) is 3.33. The molecule has 0 aliphatic carbocycles. The van der Waals surface area contributed by atoms with Gasteiger partial charge in [0.2, 0.25) is 0 Å². The number of benzene rings is 1. The SMILES string of the molecule is Cc1nc(N)c(C#N)c(-c2ccccc2C(F)(F)F)c1C. The summed E-state index contributed by atoms with van der Waals surface area (Å²) in [7, 11) is 0. The van der Waals surface area contributed by atoms with Crippen LogP contribution in [0.5, 0.6) is 0 Å². The lowest BCUT2D eigenvalue weighted by Crippen LogP contribution is -2.09. The molecule has 3 nitrogen and oxygen atoms in total. The van der Waals surface area contributed by atoms with Crippen LogP contribution in [0, 0.1) is 25.2 Å². The summed E-state index contributed by atoms with van der Waals surface area (Å²) in [5, 5.41) is 9.22. The van der Waals surface area contributed by atoms with Gasteiger partial charge in [0.15, 0.2) is 0 Å². The molecule has 108 valence electrons. The van der Waals surface area contributed by atoms with E-state index in [1.165, 1.54) is 18.2 Å². The molecule has 1 aromatic heterocycles. The smallest absolute Gasteiger partial charge is 0.383 e. The first-order valence-corrected chi connectivity index (χ1v) is 6.10. The van der Waals surface area contributed by atoms with E-state index in [0.717, 1.165) is 6.07 Å². The number of rotatable bonds is 1. The molecule has 0 unspecified atom stereocenters. The normalized spacial score (nSPS) is 11.2. The lowest BCUT2D eigenvalue weighted by atomic mass is 9.91. The third-order valence-corrected chi connectivity index (χ3v) is 3.33. The Morgan fingerprint density at radius 3 is 2.38 bits per heavy atom. The number of hydrogen-bond acceptors (Lipinski definition) is 3. The molecule has 0 bridgehead atoms. The number of alkyl halides is 3. The summed E-state index contributed by atoms with van der Waals surface area (Å²) < 4.78 is 39.5. The molecule has 0 aliphatic heterocycles. The number of nitrogen functional groups attached to an aromatic ring is 1. The highest BCUT2D eigenvalue weighted by molar-refractivity contribution is 5.81. The van der Waals surface area contributed by atoms with Gasteiger partial charge in [-0.15, -0.1) is 0 Å². The number of pyridine rings is 1. The van der Waals surface area contributed by atoms with E-state index in [2.05, 4.69) is 4.98 Å². The average Bonchev–Trinajstić information content (AvgIpc) is 2.41. The number of aryl methyl sites for hydroxylation is 1. The topological polar surface area (TPSA) is 62.7 Å². The Hall–Kier alpha value is -2.55. The molecule has 6 heteroatoms. The van der Waals surface area contributed by atoms with Gasteiger partial charge in [-0.2, -0.15) is 18.4 Å². The van der Waals surface area contributed by atoms with Crippen molar-refractivity contribution >= 4 is 5.82 Å². The summed E-state index contributed by atoms with van der Waals surface area (Å²) >= 11 is 0. The molecule has 0 fully saturated rings. The first-order valence-electron chi connectivity index (χ1n) is 6.10. The highest BCUT2D eigenvalue weighted by Gasteiger charge is 2.34. The van der Waals surface area contributed by atoms with E-state index in [-0.39, 0.29) is 22.5 Å². The predicted octanol–water partition coefficient (Wildman–Crippen LogP) is 3.84. The molecule has 0 saturated carbocycles. The van der Waals surface area contributed by atoms with Gasteiger partial charge < -0.3 is 5.73 Å². The largest absolute Gasteiger partial charge is 0.417 e. The Labute approximate surface area is 119 Å². The second-order valence-corrected chi connectivity index (χ2v) is 4.61. The molecule has 0 radical (unpaired) electrons. The van der Waals surface area contributed by atoms with Crippen molar-refractivity contribution < 1.29 is 13.2 Å². The van der Waals surface area contributed by atoms with Crippen LogP contribution >= 0.6 is 0 Å². The first-order chi connectivity index (χ1) is 9.77. The fraction of sp³-hybridized carbons (Fsp3) is 0.200. The quantitative estimate of drug-likeness (QED) is 0.868. The molecule has 0 aliphatic rings. The summed E-state index contributed by atoms with van der Waals surface area (Å²) in [6.45, 7) is 3.28. The molecule has 0 amide bonds. The standard InChI is InChI=1S/C15H12F3N3/c1-8-9(2)21-14(20)11(7-19)13(8)10-5-3-4-6-12(10)15(16,17)18/h3-6H,1-2H3,(H2,20,21). The second-order valence-electron chi connectivity index (χ2n) is 4.61. The minimum absolute atomic E-state index is 0.0326. The molecule has 0 saturated heterocycles. The van der Waals surface area contributed by atoms with Crippen molar-refractivity contribution in [2.45, 2.75) is 20.0 Å². The van der Waals surface area contributed by atoms with Crippen molar-refractivity contribution in [1.29, 1.82) is 5.26 Å². The van der Waals surface area contributed by atoms with E-state index >= 15 is 0 Å². The first kappa shape index (κ1) is 14.9. The molecular formula is C15H12F3N3. The maximum Gasteiger partial charge on any atom is 0.417 e. The van der Waals surface area contributed by atoms with Gasteiger partial charge in [0.05, 0.1) is 5.56 Å². The molecule has 2 N–H and O–H groups in total. The van der Waals surface area contributed by atoms with Gasteiger partial charge in [0, 0.05) is 11.3 Å². The van der Waals surface area contributed by atoms with Crippen LogP contribution < -0.4 is 5.73 Å². The second kappa shape index (κ2) is 5.09.